The second kappa shape index (κ2) is 7.70. The van der Waals surface area contributed by atoms with Crippen molar-refractivity contribution in [3.8, 4) is 17.6 Å². The topological polar surface area (TPSA) is 84.2 Å². The summed E-state index contributed by atoms with van der Waals surface area (Å²) < 4.78 is 10.6. The molecule has 0 aliphatic rings. The number of aromatic nitrogens is 1. The average molecular weight is 402 g/mol. The maximum absolute atomic E-state index is 12.7. The van der Waals surface area contributed by atoms with E-state index in [1.165, 1.54) is 32.5 Å². The monoisotopic (exact) mass is 401 g/mol. The maximum Gasteiger partial charge on any atom is 0.257 e. The smallest absolute Gasteiger partial charge is 0.257 e. The Labute approximate surface area is 165 Å². The molecule has 0 aliphatic heterocycles. The molecule has 1 heterocycles. The van der Waals surface area contributed by atoms with Crippen LogP contribution in [0.4, 0.5) is 5.69 Å². The Morgan fingerprint density at radius 1 is 1.15 bits per heavy atom. The molecule has 27 heavy (non-hydrogen) atoms. The van der Waals surface area contributed by atoms with E-state index in [0.29, 0.717) is 33.1 Å². The summed E-state index contributed by atoms with van der Waals surface area (Å²) in [7, 11) is 3.01. The van der Waals surface area contributed by atoms with Crippen molar-refractivity contribution < 1.29 is 14.3 Å². The van der Waals surface area contributed by atoms with Gasteiger partial charge in [-0.1, -0.05) is 23.2 Å². The van der Waals surface area contributed by atoms with Gasteiger partial charge in [-0.15, -0.1) is 0 Å². The number of halogens is 2. The number of carbonyl (C=O) groups is 1. The molecule has 6 nitrogen and oxygen atoms in total. The van der Waals surface area contributed by atoms with E-state index < -0.39 is 5.91 Å². The third-order valence-electron chi connectivity index (χ3n) is 3.91. The molecule has 1 N–H and O–H groups in total. The highest BCUT2D eigenvalue weighted by Crippen LogP contribution is 2.36. The molecule has 0 fully saturated rings. The number of hydrogen-bond donors (Lipinski definition) is 1. The first-order chi connectivity index (χ1) is 13.0. The summed E-state index contributed by atoms with van der Waals surface area (Å²) in [5.41, 5.74) is 1.27. The van der Waals surface area contributed by atoms with E-state index in [2.05, 4.69) is 10.3 Å². The summed E-state index contributed by atoms with van der Waals surface area (Å²) in [5, 5.41) is 13.3. The number of benzene rings is 2. The first-order valence-corrected chi connectivity index (χ1v) is 8.45. The highest BCUT2D eigenvalue weighted by atomic mass is 35.5. The van der Waals surface area contributed by atoms with Crippen molar-refractivity contribution in [1.29, 1.82) is 5.26 Å². The fraction of sp³-hybridized carbons (Fsp3) is 0.105. The lowest BCUT2D eigenvalue weighted by Crippen LogP contribution is -2.14. The van der Waals surface area contributed by atoms with Crippen LogP contribution in [0.2, 0.25) is 10.0 Å². The number of amides is 1. The molecule has 0 atom stereocenters. The predicted molar refractivity (Wildman–Crippen MR) is 104 cm³/mol. The molecule has 0 aliphatic carbocycles. The summed E-state index contributed by atoms with van der Waals surface area (Å²) in [5.74, 6) is 0.456. The number of nitrogens with zero attached hydrogens (tertiary/aromatic N) is 2. The van der Waals surface area contributed by atoms with Gasteiger partial charge in [0.05, 0.1) is 41.6 Å². The second-order valence-corrected chi connectivity index (χ2v) is 6.30. The van der Waals surface area contributed by atoms with Crippen LogP contribution < -0.4 is 14.8 Å². The number of nitrogens with one attached hydrogen (secondary N) is 1. The fourth-order valence-corrected chi connectivity index (χ4v) is 3.09. The molecule has 1 amide bonds. The molecule has 1 aromatic heterocycles. The molecule has 0 spiro atoms. The van der Waals surface area contributed by atoms with Gasteiger partial charge in [-0.25, -0.2) is 0 Å². The van der Waals surface area contributed by atoms with Gasteiger partial charge in [0.25, 0.3) is 5.91 Å². The van der Waals surface area contributed by atoms with Crippen LogP contribution in [0.3, 0.4) is 0 Å². The molecule has 2 aromatic carbocycles. The molecule has 0 bridgehead atoms. The molecule has 0 saturated heterocycles. The van der Waals surface area contributed by atoms with Crippen molar-refractivity contribution in [1.82, 2.24) is 4.98 Å². The van der Waals surface area contributed by atoms with Gasteiger partial charge in [-0.3, -0.25) is 9.78 Å². The minimum absolute atomic E-state index is 0.202. The van der Waals surface area contributed by atoms with Crippen LogP contribution in [-0.2, 0) is 0 Å². The summed E-state index contributed by atoms with van der Waals surface area (Å²) in [4.78, 5) is 17.0. The van der Waals surface area contributed by atoms with Crippen LogP contribution in [0.5, 0.6) is 11.5 Å². The molecule has 0 saturated carbocycles. The van der Waals surface area contributed by atoms with Gasteiger partial charge >= 0.3 is 0 Å². The van der Waals surface area contributed by atoms with Gasteiger partial charge in [-0.05, 0) is 24.3 Å². The zero-order chi connectivity index (χ0) is 19.6. The molecular formula is C19H13Cl2N3O3. The van der Waals surface area contributed by atoms with E-state index in [1.54, 1.807) is 18.2 Å². The highest BCUT2D eigenvalue weighted by Gasteiger charge is 2.18. The SMILES string of the molecule is COc1cc2ncc(C#N)c(NC(=O)c3ccc(Cl)cc3Cl)c2cc1OC. The van der Waals surface area contributed by atoms with E-state index in [0.717, 1.165) is 0 Å². The molecule has 3 aromatic rings. The molecule has 3 rings (SSSR count). The molecule has 8 heteroatoms. The number of anilines is 1. The van der Waals surface area contributed by atoms with E-state index in [-0.39, 0.29) is 16.1 Å². The fourth-order valence-electron chi connectivity index (χ4n) is 2.59. The van der Waals surface area contributed by atoms with Crippen molar-refractivity contribution >= 4 is 45.7 Å². The Morgan fingerprint density at radius 2 is 1.85 bits per heavy atom. The Morgan fingerprint density at radius 3 is 2.48 bits per heavy atom. The van der Waals surface area contributed by atoms with Crippen LogP contribution in [0.25, 0.3) is 10.9 Å². The first kappa shape index (κ1) is 18.8. The number of ether oxygens (including phenoxy) is 2. The zero-order valence-electron chi connectivity index (χ0n) is 14.3. The quantitative estimate of drug-likeness (QED) is 0.685. The third-order valence-corrected chi connectivity index (χ3v) is 4.46. The second-order valence-electron chi connectivity index (χ2n) is 5.46. The Balaban J connectivity index is 2.14. The number of carbonyl (C=O) groups excluding carboxylic acids is 1. The minimum Gasteiger partial charge on any atom is -0.493 e. The number of methoxy groups -OCH3 is 2. The number of nitriles is 1. The average Bonchev–Trinajstić information content (AvgIpc) is 2.66. The van der Waals surface area contributed by atoms with Crippen LogP contribution in [0, 0.1) is 11.3 Å². The lowest BCUT2D eigenvalue weighted by molar-refractivity contribution is 0.102. The van der Waals surface area contributed by atoms with Crippen LogP contribution in [0.1, 0.15) is 15.9 Å². The summed E-state index contributed by atoms with van der Waals surface area (Å²) in [6.07, 6.45) is 1.38. The van der Waals surface area contributed by atoms with Gasteiger partial charge in [0.15, 0.2) is 11.5 Å². The number of rotatable bonds is 4. The highest BCUT2D eigenvalue weighted by molar-refractivity contribution is 6.37. The van der Waals surface area contributed by atoms with Gasteiger partial charge in [0, 0.05) is 22.7 Å². The normalized spacial score (nSPS) is 10.3. The number of fused-ring (bicyclic) bond motifs is 1. The summed E-state index contributed by atoms with van der Waals surface area (Å²) in [6.45, 7) is 0. The maximum atomic E-state index is 12.7. The van der Waals surface area contributed by atoms with Gasteiger partial charge in [-0.2, -0.15) is 5.26 Å². The standard InChI is InChI=1S/C19H13Cl2N3O3/c1-26-16-6-13-15(7-17(16)27-2)23-9-10(8-22)18(13)24-19(25)12-4-3-11(20)5-14(12)21/h3-7,9H,1-2H3,(H,23,24,25). The molecule has 0 radical (unpaired) electrons. The van der Waals surface area contributed by atoms with Crippen molar-refractivity contribution in [3.05, 3.63) is 57.7 Å². The Kier molecular flexibility index (Phi) is 5.36. The zero-order valence-corrected chi connectivity index (χ0v) is 15.9. The van der Waals surface area contributed by atoms with Crippen molar-refractivity contribution in [3.63, 3.8) is 0 Å². The van der Waals surface area contributed by atoms with E-state index in [1.807, 2.05) is 6.07 Å². The van der Waals surface area contributed by atoms with Crippen molar-refractivity contribution in [2.75, 3.05) is 19.5 Å². The first-order valence-electron chi connectivity index (χ1n) is 7.69. The molecular weight excluding hydrogens is 389 g/mol. The van der Waals surface area contributed by atoms with Gasteiger partial charge in [0.1, 0.15) is 6.07 Å². The van der Waals surface area contributed by atoms with Crippen LogP contribution >= 0.6 is 23.2 Å². The Hall–Kier alpha value is -3.01. The van der Waals surface area contributed by atoms with Crippen molar-refractivity contribution in [2.24, 2.45) is 0 Å². The van der Waals surface area contributed by atoms with E-state index in [4.69, 9.17) is 32.7 Å². The number of pyridine rings is 1. The largest absolute Gasteiger partial charge is 0.493 e. The van der Waals surface area contributed by atoms with Crippen molar-refractivity contribution in [2.45, 2.75) is 0 Å². The molecule has 0 unspecified atom stereocenters. The van der Waals surface area contributed by atoms with Gasteiger partial charge in [0.2, 0.25) is 0 Å². The number of hydrogen-bond acceptors (Lipinski definition) is 5. The summed E-state index contributed by atoms with van der Waals surface area (Å²) in [6, 6.07) is 9.90. The van der Waals surface area contributed by atoms with Crippen LogP contribution in [-0.4, -0.2) is 25.1 Å². The minimum atomic E-state index is -0.476. The van der Waals surface area contributed by atoms with Crippen LogP contribution in [0.15, 0.2) is 36.5 Å². The van der Waals surface area contributed by atoms with Gasteiger partial charge < -0.3 is 14.8 Å². The third kappa shape index (κ3) is 3.61. The Bertz CT molecular complexity index is 1090. The van der Waals surface area contributed by atoms with E-state index in [9.17, 15) is 10.1 Å². The lowest BCUT2D eigenvalue weighted by atomic mass is 10.1. The lowest BCUT2D eigenvalue weighted by Gasteiger charge is -2.14. The van der Waals surface area contributed by atoms with E-state index >= 15 is 0 Å². The molecule has 136 valence electrons. The predicted octanol–water partition coefficient (Wildman–Crippen LogP) is 4.68. The summed E-state index contributed by atoms with van der Waals surface area (Å²) >= 11 is 12.0.